The Hall–Kier alpha value is -4.36. The number of likely N-dealkylation sites (N-methyl/N-ethyl adjacent to an activating group) is 3. The molecule has 0 saturated carbocycles. The first-order chi connectivity index (χ1) is 27.2. The summed E-state index contributed by atoms with van der Waals surface area (Å²) >= 11 is 0. The first-order valence-corrected chi connectivity index (χ1v) is 19.9. The molecule has 1 saturated heterocycles. The first-order valence-electron chi connectivity index (χ1n) is 19.9. The summed E-state index contributed by atoms with van der Waals surface area (Å²) < 4.78 is 32.2. The number of β-amino-alcohol motifs (C(OH)–C–C–N with tert-alkyl or cyclic N) is 1. The molecule has 5 aliphatic heterocycles. The molecule has 1 fully saturated rings. The average molecular weight is 765 g/mol. The summed E-state index contributed by atoms with van der Waals surface area (Å²) in [7, 11) is 9.77. The van der Waals surface area contributed by atoms with Gasteiger partial charge in [-0.1, -0.05) is 18.2 Å². The molecule has 6 bridgehead atoms. The molecule has 11 heteroatoms. The molecule has 2 N–H and O–H groups in total. The molecule has 4 aromatic carbocycles. The van der Waals surface area contributed by atoms with E-state index in [0.717, 1.165) is 86.5 Å². The van der Waals surface area contributed by atoms with E-state index in [1.54, 1.807) is 14.2 Å². The lowest BCUT2D eigenvalue weighted by molar-refractivity contribution is 0.0490. The molecule has 5 aliphatic rings. The molecule has 5 heterocycles. The van der Waals surface area contributed by atoms with Crippen LogP contribution in [0.1, 0.15) is 51.0 Å². The van der Waals surface area contributed by atoms with Gasteiger partial charge >= 0.3 is 0 Å². The number of methoxy groups -OCH3 is 2. The van der Waals surface area contributed by atoms with E-state index < -0.39 is 6.10 Å². The van der Waals surface area contributed by atoms with E-state index in [1.165, 1.54) is 16.7 Å². The van der Waals surface area contributed by atoms with Crippen LogP contribution in [0.2, 0.25) is 0 Å². The maximum atomic E-state index is 11.3. The molecule has 3 atom stereocenters. The monoisotopic (exact) mass is 764 g/mol. The van der Waals surface area contributed by atoms with Crippen molar-refractivity contribution < 1.29 is 33.9 Å². The van der Waals surface area contributed by atoms with Gasteiger partial charge in [-0.25, -0.2) is 0 Å². The van der Waals surface area contributed by atoms with Gasteiger partial charge in [-0.15, -0.1) is 0 Å². The molecule has 0 aromatic heterocycles. The van der Waals surface area contributed by atoms with Gasteiger partial charge in [-0.3, -0.25) is 14.7 Å². The van der Waals surface area contributed by atoms with Crippen LogP contribution in [0.5, 0.6) is 40.2 Å². The largest absolute Gasteiger partial charge is 0.493 e. The van der Waals surface area contributed by atoms with Crippen LogP contribution in [0.4, 0.5) is 0 Å². The third-order valence-electron chi connectivity index (χ3n) is 12.2. The second-order valence-corrected chi connectivity index (χ2v) is 15.9. The standard InChI is InChI=1S/C45H56N4O7/c1-46-16-18-49(19-17-46)26-34(51)28-54-44-42(53-5)24-32-13-15-48(3)38-21-30-8-11-39(52-4)41(22-30)55-35-9-6-29(7-10-35)20-37-36-25-40(56-45(44)43(32)38)33(27-50)23-31(36)12-14-47(37)2/h6-11,22-25,34,37-38,50-51H,12-21,26-28H2,1-5H3/t34?,37-,38-/m0/s1. The van der Waals surface area contributed by atoms with Gasteiger partial charge in [0.25, 0.3) is 0 Å². The third kappa shape index (κ3) is 7.94. The fourth-order valence-corrected chi connectivity index (χ4v) is 8.83. The van der Waals surface area contributed by atoms with Crippen LogP contribution < -0.4 is 23.7 Å². The molecule has 0 amide bonds. The van der Waals surface area contributed by atoms with E-state index in [2.05, 4.69) is 83.2 Å². The van der Waals surface area contributed by atoms with Gasteiger partial charge < -0.3 is 38.8 Å². The predicted molar refractivity (Wildman–Crippen MR) is 216 cm³/mol. The number of hydrogen-bond donors (Lipinski definition) is 2. The van der Waals surface area contributed by atoms with Gasteiger partial charge in [0.15, 0.2) is 23.0 Å². The summed E-state index contributed by atoms with van der Waals surface area (Å²) in [5.41, 5.74) is 7.52. The molecule has 0 radical (unpaired) electrons. The second-order valence-electron chi connectivity index (χ2n) is 15.9. The normalized spacial score (nSPS) is 20.9. The summed E-state index contributed by atoms with van der Waals surface area (Å²) in [6.07, 6.45) is 2.40. The van der Waals surface area contributed by atoms with Gasteiger partial charge in [0.1, 0.15) is 24.2 Å². The Labute approximate surface area is 330 Å². The molecular weight excluding hydrogens is 709 g/mol. The van der Waals surface area contributed by atoms with Crippen molar-refractivity contribution in [1.82, 2.24) is 19.6 Å². The van der Waals surface area contributed by atoms with Gasteiger partial charge in [0.2, 0.25) is 5.75 Å². The number of fused-ring (bicyclic) bond motifs is 2. The molecule has 56 heavy (non-hydrogen) atoms. The third-order valence-corrected chi connectivity index (χ3v) is 12.2. The molecule has 1 unspecified atom stereocenters. The number of benzene rings is 4. The first kappa shape index (κ1) is 38.5. The minimum Gasteiger partial charge on any atom is -0.493 e. The molecule has 0 spiro atoms. The predicted octanol–water partition coefficient (Wildman–Crippen LogP) is 5.62. The summed E-state index contributed by atoms with van der Waals surface area (Å²) in [6, 6.07) is 20.8. The van der Waals surface area contributed by atoms with E-state index in [4.69, 9.17) is 23.7 Å². The highest BCUT2D eigenvalue weighted by Gasteiger charge is 2.35. The molecular formula is C45H56N4O7. The van der Waals surface area contributed by atoms with Crippen molar-refractivity contribution in [2.45, 2.75) is 50.5 Å². The summed E-state index contributed by atoms with van der Waals surface area (Å²) in [6.45, 7) is 5.90. The number of nitrogens with zero attached hydrogens (tertiary/aromatic N) is 4. The zero-order valence-electron chi connectivity index (χ0n) is 33.4. The van der Waals surface area contributed by atoms with Crippen molar-refractivity contribution in [1.29, 1.82) is 0 Å². The van der Waals surface area contributed by atoms with Crippen LogP contribution in [0, 0.1) is 0 Å². The Bertz CT molecular complexity index is 2020. The van der Waals surface area contributed by atoms with Gasteiger partial charge in [-0.2, -0.15) is 0 Å². The number of hydrogen-bond acceptors (Lipinski definition) is 11. The van der Waals surface area contributed by atoms with E-state index in [-0.39, 0.29) is 25.3 Å². The van der Waals surface area contributed by atoms with Crippen LogP contribution >= 0.6 is 0 Å². The smallest absolute Gasteiger partial charge is 0.204 e. The van der Waals surface area contributed by atoms with E-state index in [0.29, 0.717) is 47.5 Å². The van der Waals surface area contributed by atoms with E-state index >= 15 is 0 Å². The molecule has 298 valence electrons. The van der Waals surface area contributed by atoms with Crippen LogP contribution in [0.3, 0.4) is 0 Å². The summed E-state index contributed by atoms with van der Waals surface area (Å²) in [5, 5.41) is 22.2. The van der Waals surface area contributed by atoms with Gasteiger partial charge in [-0.05, 0) is 117 Å². The Morgan fingerprint density at radius 1 is 0.732 bits per heavy atom. The highest BCUT2D eigenvalue weighted by molar-refractivity contribution is 5.63. The van der Waals surface area contributed by atoms with Gasteiger partial charge in [0, 0.05) is 69.0 Å². The van der Waals surface area contributed by atoms with Crippen LogP contribution in [-0.4, -0.2) is 124 Å². The number of aliphatic hydroxyl groups excluding tert-OH is 2. The highest BCUT2D eigenvalue weighted by atomic mass is 16.5. The lowest BCUT2D eigenvalue weighted by atomic mass is 9.86. The summed E-state index contributed by atoms with van der Waals surface area (Å²) in [5.74, 6) is 4.22. The fraction of sp³-hybridized carbons (Fsp3) is 0.467. The van der Waals surface area contributed by atoms with E-state index in [9.17, 15) is 10.2 Å². The van der Waals surface area contributed by atoms with Crippen molar-refractivity contribution >= 4 is 0 Å². The quantitative estimate of drug-likeness (QED) is 0.234. The molecule has 0 aliphatic carbocycles. The molecule has 4 aromatic rings. The number of rotatable bonds is 8. The van der Waals surface area contributed by atoms with Crippen LogP contribution in [0.25, 0.3) is 0 Å². The maximum Gasteiger partial charge on any atom is 0.204 e. The Morgan fingerprint density at radius 3 is 2.16 bits per heavy atom. The number of ether oxygens (including phenoxy) is 5. The van der Waals surface area contributed by atoms with E-state index in [1.807, 2.05) is 18.2 Å². The van der Waals surface area contributed by atoms with Crippen molar-refractivity contribution in [3.8, 4) is 40.2 Å². The molecule has 11 nitrogen and oxygen atoms in total. The summed E-state index contributed by atoms with van der Waals surface area (Å²) in [4.78, 5) is 9.36. The van der Waals surface area contributed by atoms with Crippen molar-refractivity contribution in [3.63, 3.8) is 0 Å². The second kappa shape index (κ2) is 16.6. The SMILES string of the molecule is COc1ccc2cc1Oc1ccc(cc1)C[C@H]1c3cc(c(CO)cc3CCN1C)Oc1c(OCC(O)CN3CCN(C)CC3)c(OC)cc3c1[C@H](C2)N(C)CC3. The maximum absolute atomic E-state index is 11.3. The zero-order chi connectivity index (χ0) is 38.9. The number of piperazine rings is 1. The number of aliphatic hydroxyl groups is 2. The zero-order valence-corrected chi connectivity index (χ0v) is 33.4. The van der Waals surface area contributed by atoms with Crippen molar-refractivity contribution in [2.75, 3.05) is 87.8 Å². The van der Waals surface area contributed by atoms with Crippen LogP contribution in [0.15, 0.2) is 60.7 Å². The highest BCUT2D eigenvalue weighted by Crippen LogP contribution is 2.51. The topological polar surface area (TPSA) is 99.6 Å². The lowest BCUT2D eigenvalue weighted by Crippen LogP contribution is -2.47. The minimum atomic E-state index is -0.719. The van der Waals surface area contributed by atoms with Crippen molar-refractivity contribution in [3.05, 3.63) is 99.6 Å². The molecule has 9 rings (SSSR count). The Morgan fingerprint density at radius 2 is 1.43 bits per heavy atom. The van der Waals surface area contributed by atoms with Gasteiger partial charge in [0.05, 0.1) is 20.8 Å². The lowest BCUT2D eigenvalue weighted by Gasteiger charge is -2.38. The fourth-order valence-electron chi connectivity index (χ4n) is 8.83. The van der Waals surface area contributed by atoms with Crippen LogP contribution in [-0.2, 0) is 32.3 Å². The minimum absolute atomic E-state index is 0.0694. The average Bonchev–Trinajstić information content (AvgIpc) is 3.20. The Balaban J connectivity index is 1.27. The Kier molecular flexibility index (Phi) is 11.4. The van der Waals surface area contributed by atoms with Crippen molar-refractivity contribution in [2.24, 2.45) is 0 Å².